The number of esters is 1. The molecule has 1 heterocycles. The lowest BCUT2D eigenvalue weighted by Crippen LogP contribution is -2.37. The first-order valence-corrected chi connectivity index (χ1v) is 10.0. The van der Waals surface area contributed by atoms with E-state index in [4.69, 9.17) is 16.3 Å². The molecule has 0 unspecified atom stereocenters. The Hall–Kier alpha value is -1.33. The van der Waals surface area contributed by atoms with Gasteiger partial charge in [-0.3, -0.25) is 14.2 Å². The Balaban J connectivity index is 1.79. The number of carbonyl (C=O) groups excluding carboxylic acids is 1. The normalized spacial score (nSPS) is 24.0. The van der Waals surface area contributed by atoms with E-state index in [1.54, 1.807) is 12.1 Å². The van der Waals surface area contributed by atoms with Gasteiger partial charge in [-0.15, -0.1) is 0 Å². The molecule has 1 aromatic heterocycles. The van der Waals surface area contributed by atoms with Crippen LogP contribution in [0.1, 0.15) is 40.0 Å². The van der Waals surface area contributed by atoms with Crippen LogP contribution in [0.25, 0.3) is 10.2 Å². The van der Waals surface area contributed by atoms with Crippen molar-refractivity contribution in [1.29, 1.82) is 0 Å². The summed E-state index contributed by atoms with van der Waals surface area (Å²) in [6, 6.07) is 5.38. The minimum atomic E-state index is -0.355. The number of rotatable bonds is 4. The minimum Gasteiger partial charge on any atom is -0.461 e. The average Bonchev–Trinajstić information content (AvgIpc) is 2.84. The number of thiazole rings is 1. The number of fused-ring (bicyclic) bond motifs is 1. The summed E-state index contributed by atoms with van der Waals surface area (Å²) in [5.74, 6) is 1.07. The number of ether oxygens (including phenoxy) is 1. The molecule has 1 fully saturated rings. The number of nitrogens with zero attached hydrogens (tertiary/aromatic N) is 1. The van der Waals surface area contributed by atoms with Crippen molar-refractivity contribution in [3.63, 3.8) is 0 Å². The number of carbonyl (C=O) groups is 1. The molecule has 0 spiro atoms. The molecule has 3 atom stereocenters. The molecule has 0 amide bonds. The monoisotopic (exact) mass is 381 g/mol. The van der Waals surface area contributed by atoms with Crippen molar-refractivity contribution < 1.29 is 9.53 Å². The quantitative estimate of drug-likeness (QED) is 0.720. The molecule has 6 heteroatoms. The molecule has 0 saturated heterocycles. The summed E-state index contributed by atoms with van der Waals surface area (Å²) in [6.45, 7) is 6.47. The van der Waals surface area contributed by atoms with Crippen LogP contribution in [-0.2, 0) is 16.1 Å². The Morgan fingerprint density at radius 2 is 2.16 bits per heavy atom. The van der Waals surface area contributed by atoms with Gasteiger partial charge in [0.25, 0.3) is 0 Å². The smallest absolute Gasteiger partial charge is 0.326 e. The van der Waals surface area contributed by atoms with Crippen molar-refractivity contribution in [3.8, 4) is 0 Å². The molecular weight excluding hydrogens is 358 g/mol. The zero-order chi connectivity index (χ0) is 18.1. The number of halogens is 1. The van der Waals surface area contributed by atoms with E-state index in [0.717, 1.165) is 28.9 Å². The maximum atomic E-state index is 12.5. The van der Waals surface area contributed by atoms with E-state index in [1.807, 2.05) is 6.07 Å². The largest absolute Gasteiger partial charge is 0.461 e. The predicted molar refractivity (Wildman–Crippen MR) is 102 cm³/mol. The zero-order valence-electron chi connectivity index (χ0n) is 14.8. The van der Waals surface area contributed by atoms with Gasteiger partial charge in [0.1, 0.15) is 12.6 Å². The van der Waals surface area contributed by atoms with Crippen molar-refractivity contribution in [1.82, 2.24) is 4.57 Å². The lowest BCUT2D eigenvalue weighted by Gasteiger charge is -2.36. The molecule has 1 aromatic carbocycles. The van der Waals surface area contributed by atoms with Gasteiger partial charge in [-0.2, -0.15) is 0 Å². The predicted octanol–water partition coefficient (Wildman–Crippen LogP) is 4.72. The van der Waals surface area contributed by atoms with Crippen LogP contribution in [0.5, 0.6) is 0 Å². The van der Waals surface area contributed by atoms with Gasteiger partial charge in [0.15, 0.2) is 0 Å². The molecule has 25 heavy (non-hydrogen) atoms. The van der Waals surface area contributed by atoms with E-state index >= 15 is 0 Å². The molecule has 1 aliphatic carbocycles. The number of hydrogen-bond acceptors (Lipinski definition) is 4. The number of para-hydroxylation sites is 1. The summed E-state index contributed by atoms with van der Waals surface area (Å²) in [7, 11) is 0. The molecule has 0 radical (unpaired) electrons. The van der Waals surface area contributed by atoms with Crippen LogP contribution in [0.2, 0.25) is 5.02 Å². The topological polar surface area (TPSA) is 48.3 Å². The van der Waals surface area contributed by atoms with Gasteiger partial charge in [0.2, 0.25) is 0 Å². The molecule has 3 rings (SSSR count). The third kappa shape index (κ3) is 3.93. The maximum Gasteiger partial charge on any atom is 0.326 e. The maximum absolute atomic E-state index is 12.5. The van der Waals surface area contributed by atoms with Gasteiger partial charge in [-0.05, 0) is 42.7 Å². The molecule has 1 aliphatic rings. The fourth-order valence-corrected chi connectivity index (χ4v) is 5.06. The number of benzene rings is 1. The second-order valence-electron chi connectivity index (χ2n) is 7.40. The summed E-state index contributed by atoms with van der Waals surface area (Å²) in [5, 5.41) is 0.481. The van der Waals surface area contributed by atoms with Crippen LogP contribution in [0.15, 0.2) is 23.0 Å². The molecule has 2 aromatic rings. The molecule has 1 saturated carbocycles. The molecule has 0 N–H and O–H groups in total. The molecule has 0 aliphatic heterocycles. The van der Waals surface area contributed by atoms with Gasteiger partial charge >= 0.3 is 10.8 Å². The number of aromatic nitrogens is 1. The van der Waals surface area contributed by atoms with Crippen molar-refractivity contribution in [2.75, 3.05) is 0 Å². The van der Waals surface area contributed by atoms with Gasteiger partial charge in [-0.1, -0.05) is 56.2 Å². The Morgan fingerprint density at radius 1 is 1.40 bits per heavy atom. The van der Waals surface area contributed by atoms with Crippen molar-refractivity contribution in [2.24, 2.45) is 17.8 Å². The third-order valence-corrected chi connectivity index (χ3v) is 6.42. The SMILES string of the molecule is CC(C)[C@@H]1CC[C@@H](C)C[C@@H]1OC(=O)Cn1c(=O)sc2cccc(Cl)c21. The lowest BCUT2D eigenvalue weighted by atomic mass is 9.75. The van der Waals surface area contributed by atoms with Crippen LogP contribution in [0.4, 0.5) is 0 Å². The molecule has 4 nitrogen and oxygen atoms in total. The van der Waals surface area contributed by atoms with Crippen LogP contribution >= 0.6 is 22.9 Å². The first kappa shape index (κ1) is 18.5. The van der Waals surface area contributed by atoms with E-state index in [0.29, 0.717) is 28.3 Å². The summed E-state index contributed by atoms with van der Waals surface area (Å²) in [6.07, 6.45) is 3.10. The summed E-state index contributed by atoms with van der Waals surface area (Å²) in [4.78, 5) is 24.6. The molecule has 136 valence electrons. The highest BCUT2D eigenvalue weighted by atomic mass is 35.5. The third-order valence-electron chi connectivity index (χ3n) is 5.17. The van der Waals surface area contributed by atoms with Crippen LogP contribution in [0, 0.1) is 17.8 Å². The van der Waals surface area contributed by atoms with Gasteiger partial charge < -0.3 is 4.74 Å². The Bertz CT molecular complexity index is 826. The minimum absolute atomic E-state index is 0.0627. The highest BCUT2D eigenvalue weighted by Gasteiger charge is 2.33. The highest BCUT2D eigenvalue weighted by Crippen LogP contribution is 2.35. The lowest BCUT2D eigenvalue weighted by molar-refractivity contribution is -0.156. The Kier molecular flexibility index (Phi) is 5.54. The summed E-state index contributed by atoms with van der Waals surface area (Å²) >= 11 is 7.33. The second-order valence-corrected chi connectivity index (χ2v) is 8.80. The fraction of sp³-hybridized carbons (Fsp3) is 0.579. The Labute approximate surface area is 156 Å². The van der Waals surface area contributed by atoms with E-state index in [-0.39, 0.29) is 23.5 Å². The molecular formula is C19H24ClNO3S. The summed E-state index contributed by atoms with van der Waals surface area (Å²) < 4.78 is 8.04. The van der Waals surface area contributed by atoms with Gasteiger partial charge in [0, 0.05) is 0 Å². The average molecular weight is 382 g/mol. The van der Waals surface area contributed by atoms with Gasteiger partial charge in [-0.25, -0.2) is 0 Å². The zero-order valence-corrected chi connectivity index (χ0v) is 16.4. The standard InChI is InChI=1S/C19H24ClNO3S/c1-11(2)13-8-7-12(3)9-15(13)24-17(22)10-21-18-14(20)5-4-6-16(18)25-19(21)23/h4-6,11-13,15H,7-10H2,1-3H3/t12-,13+,15+/m1/s1. The van der Waals surface area contributed by atoms with E-state index in [2.05, 4.69) is 20.8 Å². The number of hydrogen-bond donors (Lipinski definition) is 0. The van der Waals surface area contributed by atoms with E-state index in [1.165, 1.54) is 11.0 Å². The summed E-state index contributed by atoms with van der Waals surface area (Å²) in [5.41, 5.74) is 0.619. The first-order valence-electron chi connectivity index (χ1n) is 8.84. The second kappa shape index (κ2) is 7.50. The van der Waals surface area contributed by atoms with Crippen molar-refractivity contribution in [3.05, 3.63) is 32.9 Å². The van der Waals surface area contributed by atoms with Crippen LogP contribution < -0.4 is 4.87 Å². The van der Waals surface area contributed by atoms with Crippen molar-refractivity contribution in [2.45, 2.75) is 52.7 Å². The van der Waals surface area contributed by atoms with E-state index in [9.17, 15) is 9.59 Å². The fourth-order valence-electron chi connectivity index (χ4n) is 3.81. The van der Waals surface area contributed by atoms with Crippen LogP contribution in [0.3, 0.4) is 0 Å². The Morgan fingerprint density at radius 3 is 2.88 bits per heavy atom. The molecule has 0 bridgehead atoms. The van der Waals surface area contributed by atoms with Crippen molar-refractivity contribution >= 4 is 39.1 Å². The van der Waals surface area contributed by atoms with Crippen LogP contribution in [-0.4, -0.2) is 16.6 Å². The first-order chi connectivity index (χ1) is 11.9. The van der Waals surface area contributed by atoms with Gasteiger partial charge in [0.05, 0.1) is 15.2 Å². The van der Waals surface area contributed by atoms with E-state index < -0.39 is 0 Å². The highest BCUT2D eigenvalue weighted by molar-refractivity contribution is 7.16.